The van der Waals surface area contributed by atoms with Gasteiger partial charge in [0.2, 0.25) is 0 Å². The van der Waals surface area contributed by atoms with Crippen LogP contribution in [0, 0.1) is 0 Å². The molecule has 1 unspecified atom stereocenters. The summed E-state index contributed by atoms with van der Waals surface area (Å²) in [6.07, 6.45) is 1.50. The largest absolute Gasteiger partial charge is 0.443 e. The molecule has 1 fully saturated rings. The lowest BCUT2D eigenvalue weighted by molar-refractivity contribution is 0.501. The molecule has 0 aliphatic carbocycles. The molecule has 1 aromatic carbocycles. The van der Waals surface area contributed by atoms with Crippen molar-refractivity contribution < 1.29 is 4.42 Å². The van der Waals surface area contributed by atoms with Crippen molar-refractivity contribution in [1.82, 2.24) is 10.3 Å². The maximum atomic E-state index is 5.25. The summed E-state index contributed by atoms with van der Waals surface area (Å²) in [6.45, 7) is 5.36. The van der Waals surface area contributed by atoms with Gasteiger partial charge in [-0.15, -0.1) is 0 Å². The van der Waals surface area contributed by atoms with Crippen molar-refractivity contribution in [3.05, 3.63) is 24.6 Å². The van der Waals surface area contributed by atoms with Crippen LogP contribution in [0.5, 0.6) is 0 Å². The third kappa shape index (κ3) is 1.55. The van der Waals surface area contributed by atoms with Crippen molar-refractivity contribution in [1.29, 1.82) is 0 Å². The molecule has 2 aromatic rings. The van der Waals surface area contributed by atoms with Gasteiger partial charge in [-0.1, -0.05) is 0 Å². The molecular weight excluding hydrogens is 202 g/mol. The molecule has 1 atom stereocenters. The Bertz CT molecular complexity index is 494. The topological polar surface area (TPSA) is 41.3 Å². The van der Waals surface area contributed by atoms with Gasteiger partial charge < -0.3 is 14.6 Å². The number of hydrogen-bond acceptors (Lipinski definition) is 4. The molecule has 4 heteroatoms. The Hall–Kier alpha value is -1.55. The molecule has 1 N–H and O–H groups in total. The lowest BCUT2D eigenvalue weighted by Crippen LogP contribution is -2.49. The summed E-state index contributed by atoms with van der Waals surface area (Å²) < 4.78 is 5.25. The molecular formula is C12H15N3O. The predicted octanol–water partition coefficient (Wildman–Crippen LogP) is 1.63. The number of piperazine rings is 1. The van der Waals surface area contributed by atoms with Gasteiger partial charge in [-0.2, -0.15) is 0 Å². The smallest absolute Gasteiger partial charge is 0.181 e. The van der Waals surface area contributed by atoms with E-state index in [1.807, 2.05) is 6.07 Å². The van der Waals surface area contributed by atoms with Crippen molar-refractivity contribution >= 4 is 16.8 Å². The van der Waals surface area contributed by atoms with Crippen molar-refractivity contribution in [3.8, 4) is 0 Å². The Morgan fingerprint density at radius 2 is 2.44 bits per heavy atom. The highest BCUT2D eigenvalue weighted by molar-refractivity contribution is 5.77. The van der Waals surface area contributed by atoms with Gasteiger partial charge in [-0.25, -0.2) is 4.98 Å². The van der Waals surface area contributed by atoms with E-state index in [9.17, 15) is 0 Å². The molecule has 3 rings (SSSR count). The van der Waals surface area contributed by atoms with E-state index < -0.39 is 0 Å². The zero-order valence-electron chi connectivity index (χ0n) is 9.31. The molecule has 1 saturated heterocycles. The summed E-state index contributed by atoms with van der Waals surface area (Å²) in [5.41, 5.74) is 3.02. The fraction of sp³-hybridized carbons (Fsp3) is 0.417. The minimum Gasteiger partial charge on any atom is -0.443 e. The van der Waals surface area contributed by atoms with Gasteiger partial charge in [-0.05, 0) is 25.1 Å². The average Bonchev–Trinajstić information content (AvgIpc) is 2.76. The molecule has 0 spiro atoms. The molecule has 16 heavy (non-hydrogen) atoms. The third-order valence-corrected chi connectivity index (χ3v) is 3.15. The molecule has 84 valence electrons. The van der Waals surface area contributed by atoms with Crippen LogP contribution in [0.3, 0.4) is 0 Å². The van der Waals surface area contributed by atoms with Crippen LogP contribution in [0.2, 0.25) is 0 Å². The average molecular weight is 217 g/mol. The summed E-state index contributed by atoms with van der Waals surface area (Å²) in [7, 11) is 0. The number of aromatic nitrogens is 1. The van der Waals surface area contributed by atoms with E-state index in [4.69, 9.17) is 4.42 Å². The second kappa shape index (κ2) is 3.79. The predicted molar refractivity (Wildman–Crippen MR) is 63.7 cm³/mol. The van der Waals surface area contributed by atoms with E-state index >= 15 is 0 Å². The highest BCUT2D eigenvalue weighted by Gasteiger charge is 2.18. The minimum atomic E-state index is 0.526. The second-order valence-electron chi connectivity index (χ2n) is 4.25. The first-order chi connectivity index (χ1) is 7.84. The lowest BCUT2D eigenvalue weighted by Gasteiger charge is -2.35. The van der Waals surface area contributed by atoms with E-state index in [0.717, 1.165) is 30.7 Å². The first-order valence-electron chi connectivity index (χ1n) is 5.65. The standard InChI is InChI=1S/C12H15N3O/c1-9-7-13-4-5-15(9)10-2-3-12-11(6-10)14-8-16-12/h2-3,6,8-9,13H,4-5,7H2,1H3. The van der Waals surface area contributed by atoms with Crippen LogP contribution in [-0.4, -0.2) is 30.7 Å². The Morgan fingerprint density at radius 3 is 3.31 bits per heavy atom. The summed E-state index contributed by atoms with van der Waals surface area (Å²) >= 11 is 0. The fourth-order valence-electron chi connectivity index (χ4n) is 2.25. The Morgan fingerprint density at radius 1 is 1.50 bits per heavy atom. The number of benzene rings is 1. The van der Waals surface area contributed by atoms with E-state index in [2.05, 4.69) is 34.3 Å². The number of rotatable bonds is 1. The molecule has 1 aliphatic heterocycles. The van der Waals surface area contributed by atoms with Crippen LogP contribution in [0.25, 0.3) is 11.1 Å². The van der Waals surface area contributed by atoms with E-state index in [1.54, 1.807) is 0 Å². The summed E-state index contributed by atoms with van der Waals surface area (Å²) in [5.74, 6) is 0. The van der Waals surface area contributed by atoms with E-state index in [1.165, 1.54) is 12.1 Å². The number of oxazole rings is 1. The number of hydrogen-bond donors (Lipinski definition) is 1. The summed E-state index contributed by atoms with van der Waals surface area (Å²) in [6, 6.07) is 6.72. The quantitative estimate of drug-likeness (QED) is 0.788. The van der Waals surface area contributed by atoms with Gasteiger partial charge in [0.05, 0.1) is 0 Å². The molecule has 0 saturated carbocycles. The SMILES string of the molecule is CC1CNCCN1c1ccc2ocnc2c1. The highest BCUT2D eigenvalue weighted by atomic mass is 16.3. The van der Waals surface area contributed by atoms with Gasteiger partial charge in [0.25, 0.3) is 0 Å². The minimum absolute atomic E-state index is 0.526. The van der Waals surface area contributed by atoms with Crippen molar-refractivity contribution in [2.24, 2.45) is 0 Å². The normalized spacial score (nSPS) is 21.6. The molecule has 0 bridgehead atoms. The molecule has 0 amide bonds. The highest BCUT2D eigenvalue weighted by Crippen LogP contribution is 2.23. The Labute approximate surface area is 94.3 Å². The van der Waals surface area contributed by atoms with Crippen LogP contribution < -0.4 is 10.2 Å². The van der Waals surface area contributed by atoms with Crippen molar-refractivity contribution in [2.45, 2.75) is 13.0 Å². The molecule has 1 aliphatic rings. The van der Waals surface area contributed by atoms with Crippen molar-refractivity contribution in [3.63, 3.8) is 0 Å². The van der Waals surface area contributed by atoms with Crippen LogP contribution in [0.4, 0.5) is 5.69 Å². The van der Waals surface area contributed by atoms with Gasteiger partial charge >= 0.3 is 0 Å². The zero-order chi connectivity index (χ0) is 11.0. The first-order valence-corrected chi connectivity index (χ1v) is 5.65. The third-order valence-electron chi connectivity index (χ3n) is 3.15. The van der Waals surface area contributed by atoms with Gasteiger partial charge in [0.1, 0.15) is 5.52 Å². The monoisotopic (exact) mass is 217 g/mol. The van der Waals surface area contributed by atoms with E-state index in [-0.39, 0.29) is 0 Å². The molecule has 1 aromatic heterocycles. The van der Waals surface area contributed by atoms with Gasteiger partial charge in [0.15, 0.2) is 12.0 Å². The maximum absolute atomic E-state index is 5.25. The van der Waals surface area contributed by atoms with Crippen LogP contribution >= 0.6 is 0 Å². The number of fused-ring (bicyclic) bond motifs is 1. The number of anilines is 1. The first kappa shape index (κ1) is 9.66. The van der Waals surface area contributed by atoms with Crippen LogP contribution in [0.1, 0.15) is 6.92 Å². The number of nitrogens with zero attached hydrogens (tertiary/aromatic N) is 2. The second-order valence-corrected chi connectivity index (χ2v) is 4.25. The fourth-order valence-corrected chi connectivity index (χ4v) is 2.25. The summed E-state index contributed by atoms with van der Waals surface area (Å²) in [5, 5.41) is 3.39. The number of nitrogens with one attached hydrogen (secondary N) is 1. The Kier molecular flexibility index (Phi) is 2.29. The van der Waals surface area contributed by atoms with Crippen molar-refractivity contribution in [2.75, 3.05) is 24.5 Å². The van der Waals surface area contributed by atoms with Gasteiger partial charge in [-0.3, -0.25) is 0 Å². The van der Waals surface area contributed by atoms with Gasteiger partial charge in [0, 0.05) is 31.4 Å². The maximum Gasteiger partial charge on any atom is 0.181 e. The summed E-state index contributed by atoms with van der Waals surface area (Å²) in [4.78, 5) is 6.60. The van der Waals surface area contributed by atoms with E-state index in [0.29, 0.717) is 6.04 Å². The molecule has 4 nitrogen and oxygen atoms in total. The Balaban J connectivity index is 1.97. The molecule has 2 heterocycles. The molecule has 0 radical (unpaired) electrons. The zero-order valence-corrected chi connectivity index (χ0v) is 9.31. The van der Waals surface area contributed by atoms with Crippen LogP contribution in [-0.2, 0) is 0 Å². The lowest BCUT2D eigenvalue weighted by atomic mass is 10.1. The van der Waals surface area contributed by atoms with Crippen LogP contribution in [0.15, 0.2) is 29.0 Å².